The average molecular weight is 803 g/mol. The molecule has 0 aliphatic carbocycles. The summed E-state index contributed by atoms with van der Waals surface area (Å²) in [5.74, 6) is 3.32. The summed E-state index contributed by atoms with van der Waals surface area (Å²) in [6.07, 6.45) is 9.08. The number of β-amino-alcohol motifs (C(OH)–C–C–N with tert-alkyl or cyclic N) is 1. The molecular formula is C43H44F2N10O4. The van der Waals surface area contributed by atoms with Crippen LogP contribution < -0.4 is 14.4 Å². The molecule has 59 heavy (non-hydrogen) atoms. The number of hydrogen-bond donors (Lipinski definition) is 1. The molecule has 5 aromatic heterocycles. The third-order valence-corrected chi connectivity index (χ3v) is 12.3. The number of ether oxygens (including phenoxy) is 3. The fraction of sp³-hybridized carbons (Fsp3) is 0.419. The maximum absolute atomic E-state index is 15.7. The molecule has 14 nitrogen and oxygen atoms in total. The Morgan fingerprint density at radius 2 is 1.88 bits per heavy atom. The van der Waals surface area contributed by atoms with E-state index in [1.807, 2.05) is 52.5 Å². The largest absolute Gasteiger partial charge is 0.497 e. The Morgan fingerprint density at radius 1 is 1.05 bits per heavy atom. The molecule has 8 heterocycles. The van der Waals surface area contributed by atoms with Gasteiger partial charge in [0.05, 0.1) is 72.6 Å². The number of terminal acetylenes is 1. The Morgan fingerprint density at radius 3 is 2.68 bits per heavy atom. The number of hydrogen-bond acceptors (Lipinski definition) is 11. The number of benzene rings is 2. The van der Waals surface area contributed by atoms with Crippen molar-refractivity contribution in [2.24, 2.45) is 14.1 Å². The highest BCUT2D eigenvalue weighted by molar-refractivity contribution is 6.19. The van der Waals surface area contributed by atoms with E-state index in [0.29, 0.717) is 93.7 Å². The quantitative estimate of drug-likeness (QED) is 0.205. The van der Waals surface area contributed by atoms with Gasteiger partial charge in [-0.25, -0.2) is 18.4 Å². The molecule has 3 atom stereocenters. The molecule has 0 spiro atoms. The number of nitrogens with zero attached hydrogens (tertiary/aromatic N) is 10. The van der Waals surface area contributed by atoms with E-state index in [2.05, 4.69) is 10.8 Å². The van der Waals surface area contributed by atoms with Gasteiger partial charge >= 0.3 is 6.01 Å². The van der Waals surface area contributed by atoms with E-state index in [-0.39, 0.29) is 31.3 Å². The highest BCUT2D eigenvalue weighted by Gasteiger charge is 2.49. The molecule has 3 saturated heterocycles. The van der Waals surface area contributed by atoms with Crippen molar-refractivity contribution in [3.05, 3.63) is 59.5 Å². The zero-order valence-electron chi connectivity index (χ0n) is 33.4. The Labute approximate surface area is 338 Å². The first-order valence-corrected chi connectivity index (χ1v) is 19.9. The highest BCUT2D eigenvalue weighted by atomic mass is 19.1. The molecule has 3 aliphatic heterocycles. The van der Waals surface area contributed by atoms with Gasteiger partial charge in [-0.1, -0.05) is 18.1 Å². The number of alkyl halides is 1. The van der Waals surface area contributed by atoms with Crippen LogP contribution in [0.25, 0.3) is 55.3 Å². The van der Waals surface area contributed by atoms with Crippen LogP contribution in [0.4, 0.5) is 14.6 Å². The first-order chi connectivity index (χ1) is 28.5. The molecule has 2 aromatic carbocycles. The fourth-order valence-electron chi connectivity index (χ4n) is 9.62. The monoisotopic (exact) mass is 802 g/mol. The maximum Gasteiger partial charge on any atom is 0.320 e. The summed E-state index contributed by atoms with van der Waals surface area (Å²) >= 11 is 0. The van der Waals surface area contributed by atoms with Crippen LogP contribution in [0.2, 0.25) is 0 Å². The van der Waals surface area contributed by atoms with Gasteiger partial charge < -0.3 is 28.8 Å². The van der Waals surface area contributed by atoms with Crippen molar-refractivity contribution < 1.29 is 28.1 Å². The van der Waals surface area contributed by atoms with E-state index in [0.717, 1.165) is 30.7 Å². The molecule has 1 N–H and O–H groups in total. The SMILES string of the molecule is C#Cc1c(F)ccc2nc3c(cnn3Cc3ccc(OC)cc3)c(-c3nn(C)c4c5c(N6CCOC[C@@](C)(O)C6)nc(OC[C@@]67CCCN6C[C@H](F)C7)nc5n(C)c34)c12. The van der Waals surface area contributed by atoms with E-state index in [4.69, 9.17) is 45.8 Å². The number of fused-ring (bicyclic) bond motifs is 6. The summed E-state index contributed by atoms with van der Waals surface area (Å²) < 4.78 is 53.6. The molecule has 304 valence electrons. The van der Waals surface area contributed by atoms with Gasteiger partial charge in [0.1, 0.15) is 41.5 Å². The second kappa shape index (κ2) is 13.9. The van der Waals surface area contributed by atoms with Crippen LogP contribution in [0, 0.1) is 18.2 Å². The van der Waals surface area contributed by atoms with Gasteiger partial charge in [-0.05, 0) is 56.1 Å². The van der Waals surface area contributed by atoms with E-state index in [1.54, 1.807) is 31.0 Å². The Kier molecular flexibility index (Phi) is 8.78. The number of halogens is 2. The molecule has 0 unspecified atom stereocenters. The van der Waals surface area contributed by atoms with Crippen molar-refractivity contribution in [3.8, 4) is 35.4 Å². The molecule has 10 rings (SSSR count). The lowest BCUT2D eigenvalue weighted by molar-refractivity contribution is -0.0123. The number of aryl methyl sites for hydroxylation is 2. The molecule has 0 amide bonds. The van der Waals surface area contributed by atoms with Gasteiger partial charge in [0.2, 0.25) is 0 Å². The van der Waals surface area contributed by atoms with E-state index >= 15 is 4.39 Å². The first kappa shape index (κ1) is 37.4. The van der Waals surface area contributed by atoms with Crippen molar-refractivity contribution >= 4 is 49.8 Å². The van der Waals surface area contributed by atoms with Crippen LogP contribution in [0.15, 0.2) is 42.6 Å². The Balaban J connectivity index is 1.20. The second-order valence-corrected chi connectivity index (χ2v) is 16.4. The van der Waals surface area contributed by atoms with Crippen LogP contribution >= 0.6 is 0 Å². The third-order valence-electron chi connectivity index (χ3n) is 12.3. The number of aliphatic hydroxyl groups is 1. The van der Waals surface area contributed by atoms with Crippen molar-refractivity contribution in [2.45, 2.75) is 50.0 Å². The molecule has 16 heteroatoms. The molecule has 0 saturated carbocycles. The summed E-state index contributed by atoms with van der Waals surface area (Å²) in [5.41, 5.74) is 3.58. The Hall–Kier alpha value is -5.89. The Bertz CT molecular complexity index is 2840. The minimum absolute atomic E-state index is 0.0677. The maximum atomic E-state index is 15.7. The fourth-order valence-corrected chi connectivity index (χ4v) is 9.62. The zero-order chi connectivity index (χ0) is 40.8. The van der Waals surface area contributed by atoms with E-state index in [9.17, 15) is 9.50 Å². The number of anilines is 1. The minimum Gasteiger partial charge on any atom is -0.497 e. The van der Waals surface area contributed by atoms with Crippen LogP contribution in [0.5, 0.6) is 11.8 Å². The predicted octanol–water partition coefficient (Wildman–Crippen LogP) is 5.14. The predicted molar refractivity (Wildman–Crippen MR) is 219 cm³/mol. The smallest absolute Gasteiger partial charge is 0.320 e. The molecule has 7 aromatic rings. The first-order valence-electron chi connectivity index (χ1n) is 19.9. The molecule has 0 bridgehead atoms. The number of aromatic nitrogens is 8. The molecular weight excluding hydrogens is 759 g/mol. The van der Waals surface area contributed by atoms with Crippen LogP contribution in [-0.2, 0) is 25.4 Å². The average Bonchev–Trinajstić information content (AvgIpc) is 4.00. The van der Waals surface area contributed by atoms with Crippen molar-refractivity contribution in [2.75, 3.05) is 58.0 Å². The van der Waals surface area contributed by atoms with Gasteiger partial charge in [0.25, 0.3) is 0 Å². The van der Waals surface area contributed by atoms with Crippen molar-refractivity contribution in [1.29, 1.82) is 0 Å². The zero-order valence-corrected chi connectivity index (χ0v) is 33.4. The van der Waals surface area contributed by atoms with Crippen LogP contribution in [0.3, 0.4) is 0 Å². The number of rotatable bonds is 8. The summed E-state index contributed by atoms with van der Waals surface area (Å²) in [7, 11) is 5.37. The lowest BCUT2D eigenvalue weighted by Gasteiger charge is -2.31. The number of methoxy groups -OCH3 is 1. The normalized spacial score (nSPS) is 22.5. The molecule has 0 radical (unpaired) electrons. The lowest BCUT2D eigenvalue weighted by Crippen LogP contribution is -2.44. The van der Waals surface area contributed by atoms with Gasteiger partial charge in [-0.15, -0.1) is 6.42 Å². The van der Waals surface area contributed by atoms with Crippen LogP contribution in [-0.4, -0.2) is 120 Å². The topological polar surface area (TPSA) is 134 Å². The minimum atomic E-state index is -1.17. The standard InChI is InChI=1S/C43H44F2N10O4/c1-6-28-30(45)12-13-31-32(28)33(29-19-46-55(38(29)47-31)20-25-8-10-27(57-5)11-9-25)35-37-36(52(4)50-35)34-39(51(37)3)48-41(49-40(34)53-16-17-58-23-42(2,56)22-53)59-24-43-14-7-15-54(43)21-26(44)18-43/h1,8-13,19,26,56H,7,14-18,20-24H2,2-5H3/t26-,42+,43+/m1/s1. The summed E-state index contributed by atoms with van der Waals surface area (Å²) in [6.45, 7) is 4.83. The molecule has 3 aliphatic rings. The van der Waals surface area contributed by atoms with Crippen molar-refractivity contribution in [3.63, 3.8) is 0 Å². The van der Waals surface area contributed by atoms with E-state index in [1.165, 1.54) is 6.07 Å². The summed E-state index contributed by atoms with van der Waals surface area (Å²) in [6, 6.07) is 10.8. The van der Waals surface area contributed by atoms with Gasteiger partial charge in [-0.3, -0.25) is 9.58 Å². The molecule has 3 fully saturated rings. The third kappa shape index (κ3) is 6.05. The lowest BCUT2D eigenvalue weighted by atomic mass is 9.95. The van der Waals surface area contributed by atoms with Gasteiger partial charge in [0, 0.05) is 49.9 Å². The van der Waals surface area contributed by atoms with E-state index < -0.39 is 23.1 Å². The number of pyridine rings is 1. The highest BCUT2D eigenvalue weighted by Crippen LogP contribution is 2.45. The van der Waals surface area contributed by atoms with Gasteiger partial charge in [-0.2, -0.15) is 20.2 Å². The van der Waals surface area contributed by atoms with Gasteiger partial charge in [0.15, 0.2) is 11.3 Å². The van der Waals surface area contributed by atoms with Crippen molar-refractivity contribution in [1.82, 2.24) is 44.0 Å². The summed E-state index contributed by atoms with van der Waals surface area (Å²) in [5, 5.41) is 23.0. The summed E-state index contributed by atoms with van der Waals surface area (Å²) in [4.78, 5) is 19.3. The second-order valence-electron chi connectivity index (χ2n) is 16.4. The van der Waals surface area contributed by atoms with Crippen LogP contribution in [0.1, 0.15) is 37.3 Å².